The minimum Gasteiger partial charge on any atom is -0.507 e. The van der Waals surface area contributed by atoms with E-state index >= 15 is 0 Å². The molecule has 1 aliphatic rings. The zero-order valence-corrected chi connectivity index (χ0v) is 19.9. The van der Waals surface area contributed by atoms with Crippen LogP contribution < -0.4 is 0 Å². The summed E-state index contributed by atoms with van der Waals surface area (Å²) in [6.07, 6.45) is -0.239. The molecule has 178 valence electrons. The van der Waals surface area contributed by atoms with Gasteiger partial charge in [0.1, 0.15) is 5.76 Å². The minimum atomic E-state index is -1.03. The van der Waals surface area contributed by atoms with Crippen molar-refractivity contribution in [2.75, 3.05) is 6.54 Å². The summed E-state index contributed by atoms with van der Waals surface area (Å²) in [5, 5.41) is 21.6. The molecule has 2 unspecified atom stereocenters. The Balaban J connectivity index is 1.83. The number of carbonyl (C=O) groups excluding carboxylic acids is 2. The number of benzene rings is 3. The van der Waals surface area contributed by atoms with E-state index in [1.807, 2.05) is 6.07 Å². The van der Waals surface area contributed by atoms with Crippen LogP contribution in [0.2, 0.25) is 10.0 Å². The lowest BCUT2D eigenvalue weighted by Gasteiger charge is -2.29. The van der Waals surface area contributed by atoms with Crippen LogP contribution in [0.4, 0.5) is 0 Å². The predicted octanol–water partition coefficient (Wildman–Crippen LogP) is 5.67. The molecule has 35 heavy (non-hydrogen) atoms. The summed E-state index contributed by atoms with van der Waals surface area (Å²) in [5.41, 5.74) is 1.54. The van der Waals surface area contributed by atoms with Gasteiger partial charge in [-0.3, -0.25) is 14.4 Å². The van der Waals surface area contributed by atoms with Gasteiger partial charge in [0, 0.05) is 28.1 Å². The molecule has 6 nitrogen and oxygen atoms in total. The molecule has 1 heterocycles. The molecule has 0 spiro atoms. The standard InChI is InChI=1S/C27H21Cl2NO5/c28-20-10-6-17(7-11-20)24-23(25(33)18-8-12-21(29)13-9-18)26(34)27(35)30(24)15-19(14-22(31)32)16-4-2-1-3-5-16/h1-13,19,24,33H,14-15H2,(H,31,32)/b25-23+. The lowest BCUT2D eigenvalue weighted by atomic mass is 9.92. The van der Waals surface area contributed by atoms with Gasteiger partial charge in [-0.15, -0.1) is 0 Å². The maximum absolute atomic E-state index is 13.2. The molecule has 4 rings (SSSR count). The topological polar surface area (TPSA) is 94.9 Å². The van der Waals surface area contributed by atoms with Gasteiger partial charge in [0.2, 0.25) is 0 Å². The number of aliphatic hydroxyl groups excluding tert-OH is 1. The number of halogens is 2. The van der Waals surface area contributed by atoms with E-state index in [0.29, 0.717) is 21.2 Å². The molecule has 0 aliphatic carbocycles. The van der Waals surface area contributed by atoms with Crippen LogP contribution in [0.25, 0.3) is 5.76 Å². The maximum Gasteiger partial charge on any atom is 0.304 e. The molecule has 1 amide bonds. The number of aliphatic hydroxyl groups is 1. The number of likely N-dealkylation sites (tertiary alicyclic amines) is 1. The van der Waals surface area contributed by atoms with Crippen LogP contribution in [0.5, 0.6) is 0 Å². The van der Waals surface area contributed by atoms with Crippen molar-refractivity contribution in [3.05, 3.63) is 111 Å². The van der Waals surface area contributed by atoms with Gasteiger partial charge < -0.3 is 15.1 Å². The Kier molecular flexibility index (Phi) is 7.24. The third kappa shape index (κ3) is 5.24. The first-order chi connectivity index (χ1) is 16.8. The fraction of sp³-hybridized carbons (Fsp3) is 0.148. The Morgan fingerprint density at radius 1 is 0.857 bits per heavy atom. The van der Waals surface area contributed by atoms with Gasteiger partial charge in [0.25, 0.3) is 11.7 Å². The van der Waals surface area contributed by atoms with Crippen molar-refractivity contribution in [1.82, 2.24) is 4.90 Å². The van der Waals surface area contributed by atoms with E-state index in [2.05, 4.69) is 0 Å². The quantitative estimate of drug-likeness (QED) is 0.243. The molecular weight excluding hydrogens is 489 g/mol. The molecule has 8 heteroatoms. The molecule has 0 aromatic heterocycles. The number of aliphatic carboxylic acids is 1. The first-order valence-electron chi connectivity index (χ1n) is 10.8. The lowest BCUT2D eigenvalue weighted by Crippen LogP contribution is -2.34. The van der Waals surface area contributed by atoms with Crippen molar-refractivity contribution >= 4 is 46.6 Å². The highest BCUT2D eigenvalue weighted by Crippen LogP contribution is 2.41. The fourth-order valence-electron chi connectivity index (χ4n) is 4.28. The number of nitrogens with zero attached hydrogens (tertiary/aromatic N) is 1. The molecule has 1 fully saturated rings. The Labute approximate surface area is 212 Å². The first kappa shape index (κ1) is 24.5. The van der Waals surface area contributed by atoms with Crippen molar-refractivity contribution in [2.24, 2.45) is 0 Å². The number of hydrogen-bond acceptors (Lipinski definition) is 4. The summed E-state index contributed by atoms with van der Waals surface area (Å²) in [4.78, 5) is 39.4. The van der Waals surface area contributed by atoms with Gasteiger partial charge in [-0.25, -0.2) is 0 Å². The summed E-state index contributed by atoms with van der Waals surface area (Å²) in [7, 11) is 0. The molecule has 0 bridgehead atoms. The summed E-state index contributed by atoms with van der Waals surface area (Å²) < 4.78 is 0. The molecule has 3 aromatic carbocycles. The second-order valence-corrected chi connectivity index (χ2v) is 9.09. The van der Waals surface area contributed by atoms with Gasteiger partial charge in [0.05, 0.1) is 18.0 Å². The van der Waals surface area contributed by atoms with Gasteiger partial charge in [0.15, 0.2) is 0 Å². The number of hydrogen-bond donors (Lipinski definition) is 2. The average Bonchev–Trinajstić information content (AvgIpc) is 3.09. The highest BCUT2D eigenvalue weighted by atomic mass is 35.5. The van der Waals surface area contributed by atoms with Crippen LogP contribution >= 0.6 is 23.2 Å². The van der Waals surface area contributed by atoms with E-state index in [0.717, 1.165) is 5.56 Å². The SMILES string of the molecule is O=C(O)CC(CN1C(=O)C(=O)/C(=C(/O)c2ccc(Cl)cc2)C1c1ccc(Cl)cc1)c1ccccc1. The molecule has 0 radical (unpaired) electrons. The van der Waals surface area contributed by atoms with E-state index in [-0.39, 0.29) is 24.3 Å². The van der Waals surface area contributed by atoms with E-state index in [1.165, 1.54) is 4.90 Å². The van der Waals surface area contributed by atoms with Crippen molar-refractivity contribution in [2.45, 2.75) is 18.4 Å². The van der Waals surface area contributed by atoms with E-state index in [9.17, 15) is 24.6 Å². The third-order valence-electron chi connectivity index (χ3n) is 5.95. The number of rotatable bonds is 7. The third-order valence-corrected chi connectivity index (χ3v) is 6.46. The van der Waals surface area contributed by atoms with E-state index in [1.54, 1.807) is 72.8 Å². The Hall–Kier alpha value is -3.61. The van der Waals surface area contributed by atoms with E-state index in [4.69, 9.17) is 23.2 Å². The van der Waals surface area contributed by atoms with E-state index < -0.39 is 29.6 Å². The summed E-state index contributed by atoms with van der Waals surface area (Å²) >= 11 is 12.0. The number of Topliss-reactive ketones (excluding diaryl/α,β-unsaturated/α-hetero) is 1. The zero-order valence-electron chi connectivity index (χ0n) is 18.4. The van der Waals surface area contributed by atoms with Crippen LogP contribution in [0.1, 0.15) is 35.1 Å². The number of carboxylic acid groups (broad SMARTS) is 1. The highest BCUT2D eigenvalue weighted by molar-refractivity contribution is 6.46. The first-order valence-corrected chi connectivity index (χ1v) is 11.6. The normalized spacial score (nSPS) is 18.0. The number of amides is 1. The van der Waals surface area contributed by atoms with Gasteiger partial charge in [-0.2, -0.15) is 0 Å². The Morgan fingerprint density at radius 3 is 2.00 bits per heavy atom. The summed E-state index contributed by atoms with van der Waals surface area (Å²) in [6.45, 7) is -0.0361. The van der Waals surface area contributed by atoms with Crippen LogP contribution in [0.3, 0.4) is 0 Å². The molecule has 0 saturated carbocycles. The fourth-order valence-corrected chi connectivity index (χ4v) is 4.54. The Bertz CT molecular complexity index is 1290. The molecular formula is C27H21Cl2NO5. The summed E-state index contributed by atoms with van der Waals surface area (Å²) in [6, 6.07) is 20.9. The van der Waals surface area contributed by atoms with Crippen LogP contribution in [0.15, 0.2) is 84.4 Å². The van der Waals surface area contributed by atoms with Crippen molar-refractivity contribution in [1.29, 1.82) is 0 Å². The van der Waals surface area contributed by atoms with Crippen molar-refractivity contribution in [3.8, 4) is 0 Å². The number of carbonyl (C=O) groups is 3. The number of ketones is 1. The molecule has 2 atom stereocenters. The maximum atomic E-state index is 13.2. The van der Waals surface area contributed by atoms with Crippen molar-refractivity contribution in [3.63, 3.8) is 0 Å². The second kappa shape index (κ2) is 10.3. The molecule has 2 N–H and O–H groups in total. The average molecular weight is 510 g/mol. The molecule has 1 aliphatic heterocycles. The largest absolute Gasteiger partial charge is 0.507 e. The van der Waals surface area contributed by atoms with Crippen molar-refractivity contribution < 1.29 is 24.6 Å². The minimum absolute atomic E-state index is 0.0361. The molecule has 3 aromatic rings. The second-order valence-electron chi connectivity index (χ2n) is 8.22. The lowest BCUT2D eigenvalue weighted by molar-refractivity contribution is -0.141. The van der Waals surface area contributed by atoms with Crippen LogP contribution in [-0.4, -0.2) is 39.3 Å². The van der Waals surface area contributed by atoms with Gasteiger partial charge in [-0.05, 0) is 47.5 Å². The number of carboxylic acids is 1. The van der Waals surface area contributed by atoms with Crippen LogP contribution in [0, 0.1) is 0 Å². The predicted molar refractivity (Wildman–Crippen MR) is 133 cm³/mol. The molecule has 1 saturated heterocycles. The smallest absolute Gasteiger partial charge is 0.304 e. The zero-order chi connectivity index (χ0) is 25.1. The Morgan fingerprint density at radius 2 is 1.43 bits per heavy atom. The van der Waals surface area contributed by atoms with Gasteiger partial charge >= 0.3 is 5.97 Å². The monoisotopic (exact) mass is 509 g/mol. The van der Waals surface area contributed by atoms with Gasteiger partial charge in [-0.1, -0.05) is 65.7 Å². The highest BCUT2D eigenvalue weighted by Gasteiger charge is 2.46. The summed E-state index contributed by atoms with van der Waals surface area (Å²) in [5.74, 6) is -3.60. The van der Waals surface area contributed by atoms with Crippen LogP contribution in [-0.2, 0) is 14.4 Å².